The SMILES string of the molecule is CCOP(=S)(OCC)N(CCCc1ccccc1OC(C)C)OC(=O)NC. The molecule has 1 aromatic rings. The molecule has 0 fully saturated rings. The minimum absolute atomic E-state index is 0.0985. The molecule has 0 saturated carbocycles. The standard InChI is InChI=1S/C18H31N2O5PS/c1-6-22-26(27,23-7-2)20(25-18(21)19-5)14-10-12-16-11-8-9-13-17(16)24-15(3)4/h8-9,11,13,15H,6-7,10,12,14H2,1-5H3,(H,19,21). The normalized spacial score (nSPS) is 11.7. The monoisotopic (exact) mass is 418 g/mol. The Labute approximate surface area is 167 Å². The van der Waals surface area contributed by atoms with Crippen LogP contribution in [0.2, 0.25) is 0 Å². The highest BCUT2D eigenvalue weighted by Gasteiger charge is 2.31. The van der Waals surface area contributed by atoms with Crippen LogP contribution in [-0.4, -0.2) is 43.8 Å². The molecule has 0 saturated heterocycles. The lowest BCUT2D eigenvalue weighted by atomic mass is 10.1. The third-order valence-electron chi connectivity index (χ3n) is 3.38. The van der Waals surface area contributed by atoms with Crippen LogP contribution in [0.1, 0.15) is 39.7 Å². The number of hydrogen-bond donors (Lipinski definition) is 1. The maximum Gasteiger partial charge on any atom is 0.426 e. The first-order valence-electron chi connectivity index (χ1n) is 9.17. The summed E-state index contributed by atoms with van der Waals surface area (Å²) in [5.74, 6) is 0.861. The summed E-state index contributed by atoms with van der Waals surface area (Å²) in [7, 11) is 1.49. The summed E-state index contributed by atoms with van der Waals surface area (Å²) in [6.07, 6.45) is 0.923. The molecule has 7 nitrogen and oxygen atoms in total. The Kier molecular flexibility index (Phi) is 10.9. The molecule has 0 aliphatic carbocycles. The van der Waals surface area contributed by atoms with Gasteiger partial charge in [-0.25, -0.2) is 4.79 Å². The van der Waals surface area contributed by atoms with Gasteiger partial charge in [0.25, 0.3) is 6.64 Å². The smallest absolute Gasteiger partial charge is 0.426 e. The zero-order valence-corrected chi connectivity index (χ0v) is 18.5. The van der Waals surface area contributed by atoms with Crippen molar-refractivity contribution in [3.05, 3.63) is 29.8 Å². The molecule has 0 aromatic heterocycles. The summed E-state index contributed by atoms with van der Waals surface area (Å²) in [5, 5.41) is 2.43. The summed E-state index contributed by atoms with van der Waals surface area (Å²) >= 11 is 5.56. The summed E-state index contributed by atoms with van der Waals surface area (Å²) in [4.78, 5) is 18.5. The fraction of sp³-hybridized carbons (Fsp3) is 0.611. The molecular weight excluding hydrogens is 387 g/mol. The van der Waals surface area contributed by atoms with Gasteiger partial charge in [0.05, 0.1) is 19.3 Å². The predicted molar refractivity (Wildman–Crippen MR) is 110 cm³/mol. The second kappa shape index (κ2) is 12.3. The van der Waals surface area contributed by atoms with Gasteiger partial charge in [0.15, 0.2) is 0 Å². The van der Waals surface area contributed by atoms with E-state index >= 15 is 0 Å². The number of hydrogen-bond acceptors (Lipinski definition) is 6. The number of nitrogens with zero attached hydrogens (tertiary/aromatic N) is 1. The first-order valence-corrected chi connectivity index (χ1v) is 11.8. The number of carbonyl (C=O) groups excluding carboxylic acids is 1. The molecule has 0 bridgehead atoms. The average Bonchev–Trinajstić information content (AvgIpc) is 2.62. The van der Waals surface area contributed by atoms with Crippen LogP contribution in [0.15, 0.2) is 24.3 Å². The molecule has 0 aliphatic rings. The second-order valence-electron chi connectivity index (χ2n) is 5.89. The molecule has 0 aliphatic heterocycles. The molecule has 0 heterocycles. The van der Waals surface area contributed by atoms with Crippen LogP contribution >= 0.6 is 6.64 Å². The average molecular weight is 418 g/mol. The van der Waals surface area contributed by atoms with E-state index in [0.29, 0.717) is 26.2 Å². The van der Waals surface area contributed by atoms with E-state index in [4.69, 9.17) is 30.4 Å². The quantitative estimate of drug-likeness (QED) is 0.401. The molecular formula is C18H31N2O5PS. The van der Waals surface area contributed by atoms with E-state index in [0.717, 1.165) is 17.7 Å². The summed E-state index contributed by atoms with van der Waals surface area (Å²) < 4.78 is 17.2. The highest BCUT2D eigenvalue weighted by atomic mass is 32.5. The van der Waals surface area contributed by atoms with Crippen molar-refractivity contribution >= 4 is 24.5 Å². The van der Waals surface area contributed by atoms with Crippen molar-refractivity contribution in [3.8, 4) is 5.75 Å². The van der Waals surface area contributed by atoms with Crippen molar-refractivity contribution in [1.29, 1.82) is 0 Å². The Morgan fingerprint density at radius 1 is 1.22 bits per heavy atom. The van der Waals surface area contributed by atoms with Crippen molar-refractivity contribution in [2.75, 3.05) is 26.8 Å². The fourth-order valence-electron chi connectivity index (χ4n) is 2.34. The lowest BCUT2D eigenvalue weighted by Gasteiger charge is -2.31. The lowest BCUT2D eigenvalue weighted by molar-refractivity contribution is -0.0420. The van der Waals surface area contributed by atoms with Crippen LogP contribution in [0.5, 0.6) is 5.75 Å². The molecule has 1 N–H and O–H groups in total. The Balaban J connectivity index is 2.85. The van der Waals surface area contributed by atoms with Gasteiger partial charge in [-0.3, -0.25) is 0 Å². The van der Waals surface area contributed by atoms with Gasteiger partial charge < -0.3 is 23.9 Å². The van der Waals surface area contributed by atoms with Crippen LogP contribution in [-0.2, 0) is 32.1 Å². The topological polar surface area (TPSA) is 69.3 Å². The highest BCUT2D eigenvalue weighted by molar-refractivity contribution is 8.08. The van der Waals surface area contributed by atoms with Crippen LogP contribution in [0.25, 0.3) is 0 Å². The number of ether oxygens (including phenoxy) is 1. The van der Waals surface area contributed by atoms with Gasteiger partial charge in [0.2, 0.25) is 0 Å². The molecule has 1 amide bonds. The molecule has 0 radical (unpaired) electrons. The number of rotatable bonds is 12. The largest absolute Gasteiger partial charge is 0.491 e. The van der Waals surface area contributed by atoms with E-state index in [1.807, 2.05) is 52.0 Å². The van der Waals surface area contributed by atoms with Crippen molar-refractivity contribution in [2.45, 2.75) is 46.6 Å². The van der Waals surface area contributed by atoms with Crippen LogP contribution in [0.3, 0.4) is 0 Å². The Morgan fingerprint density at radius 3 is 2.41 bits per heavy atom. The van der Waals surface area contributed by atoms with E-state index in [9.17, 15) is 4.79 Å². The van der Waals surface area contributed by atoms with Crippen molar-refractivity contribution < 1.29 is 23.4 Å². The number of nitrogens with one attached hydrogen (secondary N) is 1. The number of carbonyl (C=O) groups is 1. The minimum Gasteiger partial charge on any atom is -0.491 e. The number of para-hydroxylation sites is 1. The predicted octanol–water partition coefficient (Wildman–Crippen LogP) is 4.28. The Morgan fingerprint density at radius 2 is 1.85 bits per heavy atom. The van der Waals surface area contributed by atoms with Crippen LogP contribution < -0.4 is 10.1 Å². The van der Waals surface area contributed by atoms with Gasteiger partial charge >= 0.3 is 6.09 Å². The zero-order chi connectivity index (χ0) is 20.3. The number of hydroxylamine groups is 1. The van der Waals surface area contributed by atoms with Gasteiger partial charge in [0, 0.05) is 13.6 Å². The highest BCUT2D eigenvalue weighted by Crippen LogP contribution is 2.52. The summed E-state index contributed by atoms with van der Waals surface area (Å²) in [5.41, 5.74) is 1.09. The van der Waals surface area contributed by atoms with Crippen LogP contribution in [0.4, 0.5) is 4.79 Å². The van der Waals surface area contributed by atoms with Gasteiger partial charge in [-0.05, 0) is 64.0 Å². The van der Waals surface area contributed by atoms with E-state index in [1.54, 1.807) is 0 Å². The van der Waals surface area contributed by atoms with E-state index in [1.165, 1.54) is 11.9 Å². The Bertz CT molecular complexity index is 620. The van der Waals surface area contributed by atoms with Crippen molar-refractivity contribution in [3.63, 3.8) is 0 Å². The number of amides is 1. The molecule has 154 valence electrons. The maximum atomic E-state index is 11.8. The third-order valence-corrected chi connectivity index (χ3v) is 6.56. The summed E-state index contributed by atoms with van der Waals surface area (Å²) in [6.45, 7) is 5.89. The van der Waals surface area contributed by atoms with Gasteiger partial charge in [-0.2, -0.15) is 0 Å². The molecule has 27 heavy (non-hydrogen) atoms. The third kappa shape index (κ3) is 8.15. The molecule has 9 heteroatoms. The van der Waals surface area contributed by atoms with Crippen molar-refractivity contribution in [1.82, 2.24) is 10.2 Å². The lowest BCUT2D eigenvalue weighted by Crippen LogP contribution is -2.32. The van der Waals surface area contributed by atoms with E-state index < -0.39 is 12.7 Å². The minimum atomic E-state index is -2.90. The van der Waals surface area contributed by atoms with Gasteiger partial charge in [-0.1, -0.05) is 23.0 Å². The van der Waals surface area contributed by atoms with Crippen molar-refractivity contribution in [2.24, 2.45) is 0 Å². The van der Waals surface area contributed by atoms with E-state index in [2.05, 4.69) is 5.32 Å². The fourth-order valence-corrected chi connectivity index (χ4v) is 4.86. The van der Waals surface area contributed by atoms with Gasteiger partial charge in [0.1, 0.15) is 5.75 Å². The number of aryl methyl sites for hydroxylation is 1. The molecule has 1 aromatic carbocycles. The summed E-state index contributed by atoms with van der Waals surface area (Å²) in [6, 6.07) is 7.92. The van der Waals surface area contributed by atoms with Gasteiger partial charge in [-0.15, -0.1) is 0 Å². The molecule has 0 spiro atoms. The van der Waals surface area contributed by atoms with Crippen LogP contribution in [0, 0.1) is 0 Å². The first kappa shape index (κ1) is 23.9. The van der Waals surface area contributed by atoms with E-state index in [-0.39, 0.29) is 6.10 Å². The maximum absolute atomic E-state index is 11.8. The number of benzene rings is 1. The molecule has 0 unspecified atom stereocenters. The molecule has 1 rings (SSSR count). The second-order valence-corrected chi connectivity index (χ2v) is 9.17. The Hall–Kier alpha value is -1.18. The zero-order valence-electron chi connectivity index (χ0n) is 16.8. The first-order chi connectivity index (χ1) is 12.9. The molecule has 0 atom stereocenters.